The van der Waals surface area contributed by atoms with Crippen molar-refractivity contribution in [1.29, 1.82) is 0 Å². The quantitative estimate of drug-likeness (QED) is 0.368. The van der Waals surface area contributed by atoms with Gasteiger partial charge in [-0.3, -0.25) is 0 Å². The topological polar surface area (TPSA) is 35.5 Å². The Hall–Kier alpha value is -1.09. The molecule has 0 aromatic rings. The van der Waals surface area contributed by atoms with Crippen LogP contribution in [-0.2, 0) is 14.3 Å². The molecule has 3 heterocycles. The van der Waals surface area contributed by atoms with Crippen molar-refractivity contribution >= 4 is 5.97 Å². The SMILES string of the molecule is C=C1C(=O)O[C@H]2C/C(C)=C/CC[C@]3(C)CCC[C@](C)(CC[C@@H]12)O3. The second-order valence-electron chi connectivity index (χ2n) is 8.26. The molecule has 3 aliphatic heterocycles. The van der Waals surface area contributed by atoms with E-state index in [1.165, 1.54) is 12.0 Å². The van der Waals surface area contributed by atoms with Crippen molar-refractivity contribution < 1.29 is 14.3 Å². The summed E-state index contributed by atoms with van der Waals surface area (Å²) in [4.78, 5) is 12.0. The maximum absolute atomic E-state index is 12.0. The lowest BCUT2D eigenvalue weighted by atomic mass is 9.78. The minimum atomic E-state index is -0.206. The molecule has 128 valence electrons. The Bertz CT molecular complexity index is 535. The number of rotatable bonds is 0. The number of fused-ring (bicyclic) bond motifs is 3. The van der Waals surface area contributed by atoms with Crippen molar-refractivity contribution in [2.75, 3.05) is 0 Å². The van der Waals surface area contributed by atoms with Gasteiger partial charge in [0.15, 0.2) is 0 Å². The molecule has 2 bridgehead atoms. The van der Waals surface area contributed by atoms with Gasteiger partial charge in [-0.1, -0.05) is 18.2 Å². The van der Waals surface area contributed by atoms with E-state index in [9.17, 15) is 4.79 Å². The van der Waals surface area contributed by atoms with Crippen LogP contribution in [0.5, 0.6) is 0 Å². The smallest absolute Gasteiger partial charge is 0.334 e. The van der Waals surface area contributed by atoms with Gasteiger partial charge in [-0.15, -0.1) is 0 Å². The van der Waals surface area contributed by atoms with Gasteiger partial charge in [0.25, 0.3) is 0 Å². The van der Waals surface area contributed by atoms with Crippen LogP contribution in [0.3, 0.4) is 0 Å². The highest BCUT2D eigenvalue weighted by atomic mass is 16.6. The van der Waals surface area contributed by atoms with Crippen LogP contribution in [0.25, 0.3) is 0 Å². The monoisotopic (exact) mass is 318 g/mol. The Labute approximate surface area is 140 Å². The first kappa shape index (κ1) is 16.8. The molecule has 3 rings (SSSR count). The van der Waals surface area contributed by atoms with Crippen LogP contribution in [0.4, 0.5) is 0 Å². The molecular weight excluding hydrogens is 288 g/mol. The molecular formula is C20H30O3. The fourth-order valence-corrected chi connectivity index (χ4v) is 4.59. The first-order valence-electron chi connectivity index (χ1n) is 9.06. The molecule has 0 saturated carbocycles. The van der Waals surface area contributed by atoms with E-state index < -0.39 is 0 Å². The summed E-state index contributed by atoms with van der Waals surface area (Å²) in [5.74, 6) is -0.0684. The number of carbonyl (C=O) groups is 1. The normalized spacial score (nSPS) is 44.4. The second-order valence-corrected chi connectivity index (χ2v) is 8.26. The van der Waals surface area contributed by atoms with Crippen molar-refractivity contribution in [3.8, 4) is 0 Å². The van der Waals surface area contributed by atoms with Crippen LogP contribution >= 0.6 is 0 Å². The molecule has 3 heteroatoms. The highest BCUT2D eigenvalue weighted by molar-refractivity contribution is 5.90. The van der Waals surface area contributed by atoms with E-state index in [4.69, 9.17) is 9.47 Å². The first-order valence-corrected chi connectivity index (χ1v) is 9.06. The molecule has 0 aliphatic carbocycles. The summed E-state index contributed by atoms with van der Waals surface area (Å²) in [5, 5.41) is 0. The van der Waals surface area contributed by atoms with Gasteiger partial charge in [0.2, 0.25) is 0 Å². The summed E-state index contributed by atoms with van der Waals surface area (Å²) in [5.41, 5.74) is 1.87. The Morgan fingerprint density at radius 1 is 1.17 bits per heavy atom. The molecule has 0 radical (unpaired) electrons. The van der Waals surface area contributed by atoms with Gasteiger partial charge in [0, 0.05) is 17.9 Å². The zero-order valence-corrected chi connectivity index (χ0v) is 14.8. The van der Waals surface area contributed by atoms with Crippen LogP contribution in [0.2, 0.25) is 0 Å². The third kappa shape index (κ3) is 3.55. The van der Waals surface area contributed by atoms with Crippen LogP contribution in [0.15, 0.2) is 23.8 Å². The van der Waals surface area contributed by atoms with E-state index in [0.29, 0.717) is 5.57 Å². The lowest BCUT2D eigenvalue weighted by molar-refractivity contribution is -0.181. The fraction of sp³-hybridized carbons (Fsp3) is 0.750. The molecule has 0 amide bonds. The zero-order chi connectivity index (χ0) is 16.7. The molecule has 0 N–H and O–H groups in total. The van der Waals surface area contributed by atoms with Gasteiger partial charge in [0.05, 0.1) is 11.2 Å². The van der Waals surface area contributed by atoms with E-state index in [1.807, 2.05) is 0 Å². The molecule has 2 fully saturated rings. The highest BCUT2D eigenvalue weighted by Crippen LogP contribution is 2.43. The van der Waals surface area contributed by atoms with Crippen molar-refractivity contribution in [2.45, 2.75) is 89.4 Å². The molecule has 0 spiro atoms. The average Bonchev–Trinajstić information content (AvgIpc) is 2.70. The van der Waals surface area contributed by atoms with Crippen molar-refractivity contribution in [1.82, 2.24) is 0 Å². The molecule has 0 unspecified atom stereocenters. The van der Waals surface area contributed by atoms with Gasteiger partial charge in [0.1, 0.15) is 6.10 Å². The third-order valence-corrected chi connectivity index (χ3v) is 5.99. The van der Waals surface area contributed by atoms with E-state index in [2.05, 4.69) is 33.4 Å². The third-order valence-electron chi connectivity index (χ3n) is 5.99. The number of hydrogen-bond donors (Lipinski definition) is 0. The summed E-state index contributed by atoms with van der Waals surface area (Å²) in [6.07, 6.45) is 10.6. The molecule has 2 saturated heterocycles. The Morgan fingerprint density at radius 3 is 2.61 bits per heavy atom. The number of hydrogen-bond acceptors (Lipinski definition) is 3. The van der Waals surface area contributed by atoms with E-state index in [0.717, 1.165) is 44.9 Å². The summed E-state index contributed by atoms with van der Waals surface area (Å²) in [7, 11) is 0. The van der Waals surface area contributed by atoms with Crippen LogP contribution < -0.4 is 0 Å². The maximum Gasteiger partial charge on any atom is 0.334 e. The average molecular weight is 318 g/mol. The molecule has 3 aliphatic rings. The number of allylic oxidation sites excluding steroid dienone is 1. The number of carbonyl (C=O) groups excluding carboxylic acids is 1. The van der Waals surface area contributed by atoms with Crippen LogP contribution in [0, 0.1) is 5.92 Å². The maximum atomic E-state index is 12.0. The standard InChI is InChI=1S/C20H30O3/c1-14-7-5-9-19(3)10-6-11-20(4,23-19)12-8-16-15(2)18(21)22-17(16)13-14/h7,16-17H,2,5-6,8-13H2,1,3-4H3/b14-7+/t16-,17-,19+,20+/m0/s1. The summed E-state index contributed by atoms with van der Waals surface area (Å²) >= 11 is 0. The van der Waals surface area contributed by atoms with Gasteiger partial charge in [-0.25, -0.2) is 4.79 Å². The van der Waals surface area contributed by atoms with Gasteiger partial charge in [-0.2, -0.15) is 0 Å². The Kier molecular flexibility index (Phi) is 4.43. The minimum Gasteiger partial charge on any atom is -0.458 e. The van der Waals surface area contributed by atoms with Crippen LogP contribution in [0.1, 0.15) is 72.1 Å². The fourth-order valence-electron chi connectivity index (χ4n) is 4.59. The highest BCUT2D eigenvalue weighted by Gasteiger charge is 2.43. The molecule has 0 aromatic heterocycles. The molecule has 3 nitrogen and oxygen atoms in total. The largest absolute Gasteiger partial charge is 0.458 e. The van der Waals surface area contributed by atoms with Crippen LogP contribution in [-0.4, -0.2) is 23.3 Å². The minimum absolute atomic E-state index is 0.0125. The Balaban J connectivity index is 1.85. The second kappa shape index (κ2) is 6.08. The van der Waals surface area contributed by atoms with Gasteiger partial charge in [-0.05, 0) is 65.7 Å². The summed E-state index contributed by atoms with van der Waals surface area (Å²) in [6, 6.07) is 0. The number of esters is 1. The predicted octanol–water partition coefficient (Wildman–Crippen LogP) is 4.71. The lowest BCUT2D eigenvalue weighted by Crippen LogP contribution is -2.45. The molecule has 23 heavy (non-hydrogen) atoms. The van der Waals surface area contributed by atoms with E-state index >= 15 is 0 Å². The zero-order valence-electron chi connectivity index (χ0n) is 14.8. The summed E-state index contributed by atoms with van der Waals surface area (Å²) < 4.78 is 12.2. The predicted molar refractivity (Wildman–Crippen MR) is 91.1 cm³/mol. The van der Waals surface area contributed by atoms with Gasteiger partial charge >= 0.3 is 5.97 Å². The van der Waals surface area contributed by atoms with E-state index in [1.54, 1.807) is 0 Å². The van der Waals surface area contributed by atoms with Crippen molar-refractivity contribution in [3.63, 3.8) is 0 Å². The lowest BCUT2D eigenvalue weighted by Gasteiger charge is -2.46. The van der Waals surface area contributed by atoms with Gasteiger partial charge < -0.3 is 9.47 Å². The first-order chi connectivity index (χ1) is 10.8. The molecule has 0 aromatic carbocycles. The van der Waals surface area contributed by atoms with E-state index in [-0.39, 0.29) is 29.2 Å². The number of ether oxygens (including phenoxy) is 2. The molecule has 4 atom stereocenters. The Morgan fingerprint density at radius 2 is 1.87 bits per heavy atom. The van der Waals surface area contributed by atoms with Crippen molar-refractivity contribution in [3.05, 3.63) is 23.8 Å². The summed E-state index contributed by atoms with van der Waals surface area (Å²) in [6.45, 7) is 10.6. The van der Waals surface area contributed by atoms with Crippen molar-refractivity contribution in [2.24, 2.45) is 5.92 Å².